The van der Waals surface area contributed by atoms with Gasteiger partial charge < -0.3 is 10.2 Å². The minimum atomic E-state index is 0.772. The fraction of sp³-hybridized carbons (Fsp3) is 0.211. The Balaban J connectivity index is 1.53. The van der Waals surface area contributed by atoms with Crippen LogP contribution in [-0.2, 0) is 0 Å². The number of nitrogens with zero attached hydrogens (tertiary/aromatic N) is 4. The van der Waals surface area contributed by atoms with Crippen molar-refractivity contribution in [3.63, 3.8) is 0 Å². The van der Waals surface area contributed by atoms with Gasteiger partial charge in [0.2, 0.25) is 0 Å². The van der Waals surface area contributed by atoms with Crippen molar-refractivity contribution in [1.82, 2.24) is 9.97 Å². The van der Waals surface area contributed by atoms with Crippen molar-refractivity contribution < 1.29 is 0 Å². The Kier molecular flexibility index (Phi) is 4.19. The van der Waals surface area contributed by atoms with Crippen molar-refractivity contribution in [1.29, 1.82) is 0 Å². The number of para-hydroxylation sites is 1. The van der Waals surface area contributed by atoms with Crippen LogP contribution in [0.3, 0.4) is 0 Å². The molecule has 1 aliphatic heterocycles. The molecule has 3 heterocycles. The Labute approximate surface area is 151 Å². The van der Waals surface area contributed by atoms with Gasteiger partial charge in [-0.05, 0) is 38.1 Å². The first-order valence-electron chi connectivity index (χ1n) is 8.41. The van der Waals surface area contributed by atoms with Gasteiger partial charge >= 0.3 is 0 Å². The summed E-state index contributed by atoms with van der Waals surface area (Å²) in [6, 6.07) is 14.1. The van der Waals surface area contributed by atoms with Crippen LogP contribution in [0.25, 0.3) is 0 Å². The van der Waals surface area contributed by atoms with Gasteiger partial charge in [-0.25, -0.2) is 15.0 Å². The molecular weight excluding hydrogens is 330 g/mol. The quantitative estimate of drug-likeness (QED) is 0.552. The number of rotatable bonds is 6. The number of anilines is 3. The standard InChI is InChI=1S/C19H19N5S/c1-3-24(4-2)19-21-15(12-25-19)17-14-10-11-16(22-18(14)23-17)20-13-8-6-5-7-9-13/h5-12H,3-4H2,1-2H3,(H,20,22,23). The van der Waals surface area contributed by atoms with Gasteiger partial charge in [0.15, 0.2) is 10.9 Å². The first-order chi connectivity index (χ1) is 12.3. The Morgan fingerprint density at radius 3 is 2.52 bits per heavy atom. The molecule has 6 heteroatoms. The molecule has 0 fully saturated rings. The summed E-state index contributed by atoms with van der Waals surface area (Å²) in [5, 5.41) is 6.42. The molecule has 3 aromatic rings. The monoisotopic (exact) mass is 349 g/mol. The summed E-state index contributed by atoms with van der Waals surface area (Å²) in [5.74, 6) is 1.57. The van der Waals surface area contributed by atoms with E-state index in [4.69, 9.17) is 4.98 Å². The lowest BCUT2D eigenvalue weighted by Crippen LogP contribution is -2.22. The van der Waals surface area contributed by atoms with Crippen molar-refractivity contribution in [3.05, 3.63) is 59.1 Å². The van der Waals surface area contributed by atoms with E-state index in [-0.39, 0.29) is 0 Å². The summed E-state index contributed by atoms with van der Waals surface area (Å²) < 4.78 is 0. The second-order valence-corrected chi connectivity index (χ2v) is 6.54. The molecule has 0 aliphatic carbocycles. The first-order valence-corrected chi connectivity index (χ1v) is 9.29. The fourth-order valence-corrected chi connectivity index (χ4v) is 3.72. The molecule has 0 saturated heterocycles. The van der Waals surface area contributed by atoms with Crippen LogP contribution in [0.15, 0.2) is 52.8 Å². The third kappa shape index (κ3) is 3.00. The second-order valence-electron chi connectivity index (χ2n) is 5.71. The van der Waals surface area contributed by atoms with E-state index in [0.29, 0.717) is 0 Å². The van der Waals surface area contributed by atoms with Crippen LogP contribution < -0.4 is 10.2 Å². The van der Waals surface area contributed by atoms with E-state index >= 15 is 0 Å². The molecule has 1 N–H and O–H groups in total. The van der Waals surface area contributed by atoms with E-state index in [1.165, 1.54) is 0 Å². The number of hydrogen-bond donors (Lipinski definition) is 1. The van der Waals surface area contributed by atoms with Crippen LogP contribution in [0.1, 0.15) is 25.1 Å². The zero-order chi connectivity index (χ0) is 17.2. The molecule has 1 aliphatic rings. The highest BCUT2D eigenvalue weighted by Crippen LogP contribution is 2.34. The van der Waals surface area contributed by atoms with Crippen LogP contribution in [0.4, 0.5) is 22.5 Å². The minimum Gasteiger partial charge on any atom is -0.349 e. The van der Waals surface area contributed by atoms with Crippen LogP contribution in [0.2, 0.25) is 0 Å². The number of fused-ring (bicyclic) bond motifs is 1. The third-order valence-electron chi connectivity index (χ3n) is 4.16. The van der Waals surface area contributed by atoms with Crippen LogP contribution in [0, 0.1) is 0 Å². The SMILES string of the molecule is CCN(CC)c1nc(C2=Nc3nc(Nc4ccccc4)ccc32)cs1. The highest BCUT2D eigenvalue weighted by Gasteiger charge is 2.24. The molecule has 4 rings (SSSR count). The Morgan fingerprint density at radius 1 is 1.00 bits per heavy atom. The number of aromatic nitrogens is 2. The normalized spacial score (nSPS) is 12.2. The van der Waals surface area contributed by atoms with Crippen molar-refractivity contribution in [3.8, 4) is 0 Å². The van der Waals surface area contributed by atoms with Gasteiger partial charge in [0.05, 0.1) is 0 Å². The van der Waals surface area contributed by atoms with Gasteiger partial charge in [0.1, 0.15) is 17.2 Å². The molecule has 5 nitrogen and oxygen atoms in total. The molecule has 0 unspecified atom stereocenters. The van der Waals surface area contributed by atoms with E-state index in [0.717, 1.165) is 52.5 Å². The molecular formula is C19H19N5S. The maximum atomic E-state index is 4.73. The summed E-state index contributed by atoms with van der Waals surface area (Å²) in [7, 11) is 0. The molecule has 25 heavy (non-hydrogen) atoms. The number of aliphatic imine (C=N–C) groups is 1. The van der Waals surface area contributed by atoms with Gasteiger partial charge in [0.25, 0.3) is 0 Å². The molecule has 0 spiro atoms. The third-order valence-corrected chi connectivity index (χ3v) is 5.06. The van der Waals surface area contributed by atoms with Crippen LogP contribution >= 0.6 is 11.3 Å². The van der Waals surface area contributed by atoms with Gasteiger partial charge in [-0.1, -0.05) is 18.2 Å². The summed E-state index contributed by atoms with van der Waals surface area (Å²) in [4.78, 5) is 16.1. The molecule has 1 aromatic carbocycles. The van der Waals surface area contributed by atoms with E-state index in [9.17, 15) is 0 Å². The van der Waals surface area contributed by atoms with Gasteiger partial charge in [-0.2, -0.15) is 0 Å². The van der Waals surface area contributed by atoms with Crippen molar-refractivity contribution in [2.75, 3.05) is 23.3 Å². The second kappa shape index (κ2) is 6.64. The molecule has 0 atom stereocenters. The summed E-state index contributed by atoms with van der Waals surface area (Å²) in [5.41, 5.74) is 3.95. The maximum absolute atomic E-state index is 4.73. The summed E-state index contributed by atoms with van der Waals surface area (Å²) >= 11 is 1.67. The minimum absolute atomic E-state index is 0.772. The highest BCUT2D eigenvalue weighted by molar-refractivity contribution is 7.14. The van der Waals surface area contributed by atoms with Crippen LogP contribution in [-0.4, -0.2) is 28.8 Å². The first kappa shape index (κ1) is 15.8. The predicted molar refractivity (Wildman–Crippen MR) is 105 cm³/mol. The smallest absolute Gasteiger partial charge is 0.185 e. The molecule has 2 aromatic heterocycles. The topological polar surface area (TPSA) is 53.4 Å². The Bertz CT molecular complexity index is 913. The molecule has 0 saturated carbocycles. The van der Waals surface area contributed by atoms with Gasteiger partial charge in [0, 0.05) is 29.7 Å². The molecule has 126 valence electrons. The highest BCUT2D eigenvalue weighted by atomic mass is 32.1. The fourth-order valence-electron chi connectivity index (χ4n) is 2.78. The zero-order valence-corrected chi connectivity index (χ0v) is 15.0. The summed E-state index contributed by atoms with van der Waals surface area (Å²) in [6.45, 7) is 6.21. The maximum Gasteiger partial charge on any atom is 0.185 e. The lowest BCUT2D eigenvalue weighted by Gasteiger charge is -2.18. The number of benzene rings is 1. The lowest BCUT2D eigenvalue weighted by atomic mass is 10.0. The number of hydrogen-bond acceptors (Lipinski definition) is 6. The van der Waals surface area contributed by atoms with E-state index in [1.54, 1.807) is 11.3 Å². The zero-order valence-electron chi connectivity index (χ0n) is 14.2. The number of thiazole rings is 1. The van der Waals surface area contributed by atoms with Gasteiger partial charge in [-0.3, -0.25) is 0 Å². The Hall–Kier alpha value is -2.73. The van der Waals surface area contributed by atoms with Gasteiger partial charge in [-0.15, -0.1) is 11.3 Å². The lowest BCUT2D eigenvalue weighted by molar-refractivity contribution is 0.859. The number of pyridine rings is 1. The van der Waals surface area contributed by atoms with E-state index in [1.807, 2.05) is 36.4 Å². The van der Waals surface area contributed by atoms with Crippen molar-refractivity contribution in [2.45, 2.75) is 13.8 Å². The largest absolute Gasteiger partial charge is 0.349 e. The molecule has 0 amide bonds. The Morgan fingerprint density at radius 2 is 1.80 bits per heavy atom. The van der Waals surface area contributed by atoms with E-state index < -0.39 is 0 Å². The van der Waals surface area contributed by atoms with E-state index in [2.05, 4.69) is 45.5 Å². The molecule has 0 radical (unpaired) electrons. The van der Waals surface area contributed by atoms with Crippen molar-refractivity contribution in [2.24, 2.45) is 4.99 Å². The average molecular weight is 349 g/mol. The predicted octanol–water partition coefficient (Wildman–Crippen LogP) is 4.61. The number of nitrogens with one attached hydrogen (secondary N) is 1. The average Bonchev–Trinajstić information content (AvgIpc) is 3.08. The van der Waals surface area contributed by atoms with Crippen molar-refractivity contribution >= 4 is 39.5 Å². The molecule has 0 bridgehead atoms. The van der Waals surface area contributed by atoms with Crippen LogP contribution in [0.5, 0.6) is 0 Å². The summed E-state index contributed by atoms with van der Waals surface area (Å²) in [6.07, 6.45) is 0.